The molecule has 0 saturated carbocycles. The van der Waals surface area contributed by atoms with Gasteiger partial charge in [0.15, 0.2) is 17.5 Å². The summed E-state index contributed by atoms with van der Waals surface area (Å²) in [6.07, 6.45) is 0. The van der Waals surface area contributed by atoms with Crippen molar-refractivity contribution < 1.29 is 4.42 Å². The van der Waals surface area contributed by atoms with Crippen LogP contribution in [0.2, 0.25) is 0 Å². The van der Waals surface area contributed by atoms with E-state index in [0.717, 1.165) is 105 Å². The standard InChI is InChI=1S/C75H43N5OS2/c1-4-18-44(19-5-1)58-40-48(75-77-73(46-32-34-53-51-25-12-16-30-64(51)82-66(53)42-46)76-74(78-75)47-33-35-54-52-26-13-17-31-65(52)83-67(54)43-47)41-59(45-20-6-2-7-21-45)70(58)80-61-29-15-11-27-56(61)68-62(80)38-36-57-69-63(81-72(57)68)39-37-55-50-24-10-14-28-60(50)79(71(55)69)49-22-8-3-9-23-49/h1-43H. The van der Waals surface area contributed by atoms with Gasteiger partial charge in [0.05, 0.1) is 38.5 Å². The van der Waals surface area contributed by atoms with Gasteiger partial charge in [-0.15, -0.1) is 22.7 Å². The molecule has 6 nitrogen and oxygen atoms in total. The molecule has 0 unspecified atom stereocenters. The first-order valence-electron chi connectivity index (χ1n) is 27.9. The number of para-hydroxylation sites is 3. The Morgan fingerprint density at radius 2 is 0.771 bits per heavy atom. The Bertz CT molecular complexity index is 5500. The van der Waals surface area contributed by atoms with Crippen LogP contribution in [-0.2, 0) is 0 Å². The largest absolute Gasteiger partial charge is 0.455 e. The number of aromatic nitrogens is 5. The third-order valence-corrected chi connectivity index (χ3v) is 19.0. The zero-order valence-electron chi connectivity index (χ0n) is 44.3. The number of fused-ring (bicyclic) bond motifs is 17. The Kier molecular flexibility index (Phi) is 10.0. The lowest BCUT2D eigenvalue weighted by atomic mass is 9.92. The Morgan fingerprint density at radius 1 is 0.301 bits per heavy atom. The van der Waals surface area contributed by atoms with Crippen LogP contribution >= 0.6 is 22.7 Å². The maximum Gasteiger partial charge on any atom is 0.164 e. The summed E-state index contributed by atoms with van der Waals surface area (Å²) in [7, 11) is 0. The number of rotatable bonds is 7. The zero-order valence-corrected chi connectivity index (χ0v) is 45.9. The minimum absolute atomic E-state index is 0.587. The van der Waals surface area contributed by atoms with Gasteiger partial charge in [-0.2, -0.15) is 0 Å². The Morgan fingerprint density at radius 3 is 1.37 bits per heavy atom. The van der Waals surface area contributed by atoms with Crippen LogP contribution in [0.4, 0.5) is 0 Å². The first-order chi connectivity index (χ1) is 41.1. The molecule has 0 fully saturated rings. The minimum atomic E-state index is 0.587. The van der Waals surface area contributed by atoms with Gasteiger partial charge in [0, 0.05) is 95.4 Å². The summed E-state index contributed by atoms with van der Waals surface area (Å²) in [5.74, 6) is 1.82. The topological polar surface area (TPSA) is 61.7 Å². The molecule has 6 heterocycles. The van der Waals surface area contributed by atoms with E-state index in [-0.39, 0.29) is 0 Å². The SMILES string of the molecule is c1ccc(-c2cc(-c3nc(-c4ccc5c(c4)sc4ccccc45)nc(-c4ccc5c(c4)sc4ccccc45)n3)cc(-c3ccccc3)c2-n2c3ccccc3c3c4oc5ccc6c7ccccc7n(-c7ccccc7)c6c5c4ccc32)cc1. The van der Waals surface area contributed by atoms with Crippen molar-refractivity contribution in [3.05, 3.63) is 261 Å². The number of thiophene rings is 2. The van der Waals surface area contributed by atoms with E-state index in [9.17, 15) is 0 Å². The second-order valence-corrected chi connectivity index (χ2v) is 23.6. The number of nitrogens with zero attached hydrogens (tertiary/aromatic N) is 5. The molecule has 0 atom stereocenters. The third kappa shape index (κ3) is 7.04. The van der Waals surface area contributed by atoms with Gasteiger partial charge in [-0.3, -0.25) is 0 Å². The summed E-state index contributed by atoms with van der Waals surface area (Å²) in [4.78, 5) is 16.4. The van der Waals surface area contributed by atoms with Gasteiger partial charge >= 0.3 is 0 Å². The molecule has 386 valence electrons. The van der Waals surface area contributed by atoms with E-state index < -0.39 is 0 Å². The maximum absolute atomic E-state index is 7.25. The molecule has 12 aromatic carbocycles. The fourth-order valence-electron chi connectivity index (χ4n) is 13.1. The highest BCUT2D eigenvalue weighted by molar-refractivity contribution is 7.26. The van der Waals surface area contributed by atoms with Crippen molar-refractivity contribution in [1.82, 2.24) is 24.1 Å². The van der Waals surface area contributed by atoms with Gasteiger partial charge in [-0.05, 0) is 96.1 Å². The first-order valence-corrected chi connectivity index (χ1v) is 29.5. The van der Waals surface area contributed by atoms with Crippen LogP contribution in [0.5, 0.6) is 0 Å². The van der Waals surface area contributed by atoms with Gasteiger partial charge in [-0.1, -0.05) is 176 Å². The summed E-state index contributed by atoms with van der Waals surface area (Å²) < 4.78 is 17.0. The molecule has 83 heavy (non-hydrogen) atoms. The van der Waals surface area contributed by atoms with Gasteiger partial charge < -0.3 is 13.6 Å². The predicted octanol–water partition coefficient (Wildman–Crippen LogP) is 21.0. The Labute approximate surface area is 482 Å². The van der Waals surface area contributed by atoms with Crippen LogP contribution in [0.1, 0.15) is 0 Å². The van der Waals surface area contributed by atoms with Crippen molar-refractivity contribution in [3.63, 3.8) is 0 Å². The highest BCUT2D eigenvalue weighted by Gasteiger charge is 2.27. The molecule has 0 amide bonds. The van der Waals surface area contributed by atoms with Crippen molar-refractivity contribution in [3.8, 4) is 67.8 Å². The average molecular weight is 1090 g/mol. The Balaban J connectivity index is 0.909. The molecule has 0 N–H and O–H groups in total. The van der Waals surface area contributed by atoms with Crippen LogP contribution in [0.3, 0.4) is 0 Å². The van der Waals surface area contributed by atoms with E-state index >= 15 is 0 Å². The number of benzene rings is 12. The summed E-state index contributed by atoms with van der Waals surface area (Å²) in [6.45, 7) is 0. The molecule has 8 heteroatoms. The number of hydrogen-bond acceptors (Lipinski definition) is 6. The fourth-order valence-corrected chi connectivity index (χ4v) is 15.4. The molecule has 6 aromatic heterocycles. The molecule has 18 rings (SSSR count). The molecule has 0 bridgehead atoms. The molecule has 18 aromatic rings. The van der Waals surface area contributed by atoms with Crippen LogP contribution in [0.25, 0.3) is 174 Å². The first kappa shape index (κ1) is 46.3. The number of furan rings is 1. The van der Waals surface area contributed by atoms with Crippen LogP contribution in [0, 0.1) is 0 Å². The van der Waals surface area contributed by atoms with Crippen molar-refractivity contribution in [1.29, 1.82) is 0 Å². The van der Waals surface area contributed by atoms with Crippen molar-refractivity contribution in [2.75, 3.05) is 0 Å². The Hall–Kier alpha value is -10.5. The van der Waals surface area contributed by atoms with E-state index in [4.69, 9.17) is 19.4 Å². The average Bonchev–Trinajstić information content (AvgIpc) is 3.70. The second-order valence-electron chi connectivity index (χ2n) is 21.4. The molecule has 0 aliphatic rings. The van der Waals surface area contributed by atoms with Gasteiger partial charge in [0.1, 0.15) is 11.2 Å². The van der Waals surface area contributed by atoms with Gasteiger partial charge in [0.2, 0.25) is 0 Å². The van der Waals surface area contributed by atoms with Crippen LogP contribution in [0.15, 0.2) is 265 Å². The highest BCUT2D eigenvalue weighted by atomic mass is 32.1. The minimum Gasteiger partial charge on any atom is -0.455 e. The molecule has 0 aliphatic heterocycles. The quantitative estimate of drug-likeness (QED) is 0.160. The van der Waals surface area contributed by atoms with E-state index in [1.165, 1.54) is 51.1 Å². The van der Waals surface area contributed by atoms with E-state index in [1.54, 1.807) is 22.7 Å². The van der Waals surface area contributed by atoms with E-state index in [0.29, 0.717) is 17.5 Å². The zero-order chi connectivity index (χ0) is 54.3. The lowest BCUT2D eigenvalue weighted by Crippen LogP contribution is -2.04. The summed E-state index contributed by atoms with van der Waals surface area (Å²) in [5, 5.41) is 11.7. The fraction of sp³-hybridized carbons (Fsp3) is 0. The summed E-state index contributed by atoms with van der Waals surface area (Å²) in [5.41, 5.74) is 15.2. The highest BCUT2D eigenvalue weighted by Crippen LogP contribution is 2.49. The molecule has 0 spiro atoms. The van der Waals surface area contributed by atoms with Crippen LogP contribution < -0.4 is 0 Å². The number of hydrogen-bond donors (Lipinski definition) is 0. The third-order valence-electron chi connectivity index (χ3n) is 16.8. The van der Waals surface area contributed by atoms with Gasteiger partial charge in [-0.25, -0.2) is 15.0 Å². The van der Waals surface area contributed by atoms with Crippen molar-refractivity contribution in [2.45, 2.75) is 0 Å². The molecule has 0 saturated heterocycles. The summed E-state index contributed by atoms with van der Waals surface area (Å²) in [6, 6.07) is 93.8. The van der Waals surface area contributed by atoms with E-state index in [1.807, 2.05) is 0 Å². The predicted molar refractivity (Wildman–Crippen MR) is 349 cm³/mol. The van der Waals surface area contributed by atoms with Gasteiger partial charge in [0.25, 0.3) is 0 Å². The normalized spacial score (nSPS) is 12.1. The van der Waals surface area contributed by atoms with Crippen molar-refractivity contribution >= 4 is 129 Å². The van der Waals surface area contributed by atoms with Crippen molar-refractivity contribution in [2.24, 2.45) is 0 Å². The smallest absolute Gasteiger partial charge is 0.164 e. The molecular formula is C75H43N5OS2. The monoisotopic (exact) mass is 1090 g/mol. The molecule has 0 aliphatic carbocycles. The molecular weight excluding hydrogens is 1050 g/mol. The lowest BCUT2D eigenvalue weighted by Gasteiger charge is -2.21. The lowest BCUT2D eigenvalue weighted by molar-refractivity contribution is 0.673. The maximum atomic E-state index is 7.25. The van der Waals surface area contributed by atoms with E-state index in [2.05, 4.69) is 270 Å². The summed E-state index contributed by atoms with van der Waals surface area (Å²) >= 11 is 3.60. The van der Waals surface area contributed by atoms with Crippen LogP contribution in [-0.4, -0.2) is 24.1 Å². The second kappa shape index (κ2) is 18.0. The molecule has 0 radical (unpaired) electrons.